The van der Waals surface area contributed by atoms with Gasteiger partial charge in [-0.15, -0.1) is 0 Å². The average Bonchev–Trinajstić information content (AvgIpc) is 3.16. The summed E-state index contributed by atoms with van der Waals surface area (Å²) >= 11 is 0. The molecule has 1 unspecified atom stereocenters. The lowest BCUT2D eigenvalue weighted by Gasteiger charge is -2.37. The Bertz CT molecular complexity index is 793. The number of anilines is 1. The number of hydrogen-bond donors (Lipinski definition) is 1. The SMILES string of the molecule is CC(C)(C)N1CC=CC1Nc1ccc(C=C(C#N)C(=O)N2CCOCC2)cc1. The zero-order chi connectivity index (χ0) is 20.1. The highest BCUT2D eigenvalue weighted by molar-refractivity contribution is 6.01. The van der Waals surface area contributed by atoms with E-state index in [1.54, 1.807) is 11.0 Å². The minimum atomic E-state index is -0.232. The lowest BCUT2D eigenvalue weighted by Crippen LogP contribution is -2.48. The molecule has 0 radical (unpaired) electrons. The van der Waals surface area contributed by atoms with Crippen LogP contribution in [0, 0.1) is 11.3 Å². The Morgan fingerprint density at radius 3 is 2.54 bits per heavy atom. The lowest BCUT2D eigenvalue weighted by molar-refractivity contribution is -0.130. The first-order valence-electron chi connectivity index (χ1n) is 9.67. The Kier molecular flexibility index (Phi) is 6.18. The Balaban J connectivity index is 1.68. The Hall–Kier alpha value is -2.62. The minimum Gasteiger partial charge on any atom is -0.378 e. The molecule has 1 fully saturated rings. The normalized spacial score (nSPS) is 20.9. The minimum absolute atomic E-state index is 0.0748. The molecule has 2 aliphatic rings. The zero-order valence-electron chi connectivity index (χ0n) is 16.8. The number of rotatable bonds is 4. The van der Waals surface area contributed by atoms with E-state index in [-0.39, 0.29) is 23.2 Å². The zero-order valence-corrected chi connectivity index (χ0v) is 16.8. The molecule has 28 heavy (non-hydrogen) atoms. The van der Waals surface area contributed by atoms with E-state index in [1.807, 2.05) is 30.3 Å². The molecular weight excluding hydrogens is 352 g/mol. The standard InChI is InChI=1S/C22H28N4O2/c1-22(2,3)26-10-4-5-20(26)24-19-8-6-17(7-9-19)15-18(16-23)21(27)25-11-13-28-14-12-25/h4-9,15,20,24H,10-14H2,1-3H3. The highest BCUT2D eigenvalue weighted by atomic mass is 16.5. The third-order valence-electron chi connectivity index (χ3n) is 5.00. The van der Waals surface area contributed by atoms with Gasteiger partial charge in [-0.1, -0.05) is 24.3 Å². The second-order valence-corrected chi connectivity index (χ2v) is 8.04. The molecule has 148 valence electrons. The van der Waals surface area contributed by atoms with Gasteiger partial charge in [0, 0.05) is 30.9 Å². The van der Waals surface area contributed by atoms with Crippen molar-refractivity contribution in [2.24, 2.45) is 0 Å². The van der Waals surface area contributed by atoms with Gasteiger partial charge in [0.25, 0.3) is 5.91 Å². The number of nitrogens with zero attached hydrogens (tertiary/aromatic N) is 3. The third-order valence-corrected chi connectivity index (χ3v) is 5.00. The summed E-state index contributed by atoms with van der Waals surface area (Å²) in [5.41, 5.74) is 2.06. The summed E-state index contributed by atoms with van der Waals surface area (Å²) in [6.07, 6.45) is 6.15. The van der Waals surface area contributed by atoms with Gasteiger partial charge >= 0.3 is 0 Å². The second kappa shape index (κ2) is 8.59. The van der Waals surface area contributed by atoms with Crippen molar-refractivity contribution in [3.63, 3.8) is 0 Å². The largest absolute Gasteiger partial charge is 0.378 e. The number of benzene rings is 1. The Labute approximate surface area is 167 Å². The molecular formula is C22H28N4O2. The maximum Gasteiger partial charge on any atom is 0.264 e. The van der Waals surface area contributed by atoms with Crippen LogP contribution in [-0.2, 0) is 9.53 Å². The summed E-state index contributed by atoms with van der Waals surface area (Å²) in [7, 11) is 0. The number of nitriles is 1. The molecule has 6 heteroatoms. The van der Waals surface area contributed by atoms with Crippen LogP contribution in [0.15, 0.2) is 42.0 Å². The average molecular weight is 380 g/mol. The van der Waals surface area contributed by atoms with Crippen LogP contribution in [0.1, 0.15) is 26.3 Å². The van der Waals surface area contributed by atoms with Gasteiger partial charge in [-0.3, -0.25) is 9.69 Å². The number of nitrogens with one attached hydrogen (secondary N) is 1. The van der Waals surface area contributed by atoms with Crippen molar-refractivity contribution in [3.8, 4) is 6.07 Å². The molecule has 0 saturated carbocycles. The van der Waals surface area contributed by atoms with Crippen LogP contribution in [0.25, 0.3) is 6.08 Å². The van der Waals surface area contributed by atoms with Gasteiger partial charge in [0.15, 0.2) is 0 Å². The van der Waals surface area contributed by atoms with Crippen LogP contribution >= 0.6 is 0 Å². The fraction of sp³-hybridized carbons (Fsp3) is 0.455. The predicted molar refractivity (Wildman–Crippen MR) is 110 cm³/mol. The van der Waals surface area contributed by atoms with E-state index in [9.17, 15) is 10.1 Å². The molecule has 1 N–H and O–H groups in total. The van der Waals surface area contributed by atoms with Crippen molar-refractivity contribution < 1.29 is 9.53 Å². The number of hydrogen-bond acceptors (Lipinski definition) is 5. The summed E-state index contributed by atoms with van der Waals surface area (Å²) in [4.78, 5) is 16.6. The molecule has 0 bridgehead atoms. The molecule has 2 aliphatic heterocycles. The molecule has 3 rings (SSSR count). The Morgan fingerprint density at radius 1 is 1.25 bits per heavy atom. The van der Waals surface area contributed by atoms with Gasteiger partial charge < -0.3 is 15.0 Å². The monoisotopic (exact) mass is 380 g/mol. The van der Waals surface area contributed by atoms with Gasteiger partial charge in [0.1, 0.15) is 11.6 Å². The number of morpholine rings is 1. The fourth-order valence-electron chi connectivity index (χ4n) is 3.43. The number of carbonyl (C=O) groups excluding carboxylic acids is 1. The summed E-state index contributed by atoms with van der Waals surface area (Å²) in [6.45, 7) is 9.64. The highest BCUT2D eigenvalue weighted by Crippen LogP contribution is 2.24. The van der Waals surface area contributed by atoms with Crippen LogP contribution < -0.4 is 5.32 Å². The van der Waals surface area contributed by atoms with E-state index in [0.717, 1.165) is 17.8 Å². The molecule has 0 aliphatic carbocycles. The lowest BCUT2D eigenvalue weighted by atomic mass is 10.1. The van der Waals surface area contributed by atoms with Crippen molar-refractivity contribution in [2.75, 3.05) is 38.2 Å². The molecule has 0 spiro atoms. The van der Waals surface area contributed by atoms with Gasteiger partial charge in [-0.05, 0) is 44.5 Å². The quantitative estimate of drug-likeness (QED) is 0.494. The van der Waals surface area contributed by atoms with Crippen LogP contribution in [0.2, 0.25) is 0 Å². The van der Waals surface area contributed by atoms with Gasteiger partial charge in [0.2, 0.25) is 0 Å². The molecule has 1 aromatic rings. The van der Waals surface area contributed by atoms with E-state index in [2.05, 4.69) is 43.1 Å². The van der Waals surface area contributed by atoms with Crippen LogP contribution in [0.3, 0.4) is 0 Å². The molecule has 2 heterocycles. The maximum atomic E-state index is 12.5. The Morgan fingerprint density at radius 2 is 1.93 bits per heavy atom. The number of carbonyl (C=O) groups is 1. The summed E-state index contributed by atoms with van der Waals surface area (Å²) in [5, 5.41) is 12.9. The third kappa shape index (κ3) is 4.80. The van der Waals surface area contributed by atoms with Crippen molar-refractivity contribution in [1.29, 1.82) is 5.26 Å². The van der Waals surface area contributed by atoms with Crippen molar-refractivity contribution in [3.05, 3.63) is 47.6 Å². The van der Waals surface area contributed by atoms with E-state index in [0.29, 0.717) is 26.3 Å². The van der Waals surface area contributed by atoms with E-state index < -0.39 is 0 Å². The maximum absolute atomic E-state index is 12.5. The molecule has 1 aromatic carbocycles. The van der Waals surface area contributed by atoms with Crippen LogP contribution in [0.4, 0.5) is 5.69 Å². The fourth-order valence-corrected chi connectivity index (χ4v) is 3.43. The molecule has 1 atom stereocenters. The predicted octanol–water partition coefficient (Wildman–Crippen LogP) is 2.86. The molecule has 1 amide bonds. The first kappa shape index (κ1) is 20.1. The number of amides is 1. The highest BCUT2D eigenvalue weighted by Gasteiger charge is 2.29. The summed E-state index contributed by atoms with van der Waals surface area (Å²) < 4.78 is 5.27. The number of ether oxygens (including phenoxy) is 1. The van der Waals surface area contributed by atoms with Gasteiger partial charge in [-0.2, -0.15) is 5.26 Å². The van der Waals surface area contributed by atoms with Crippen LogP contribution in [0.5, 0.6) is 0 Å². The van der Waals surface area contributed by atoms with Crippen molar-refractivity contribution in [2.45, 2.75) is 32.5 Å². The molecule has 6 nitrogen and oxygen atoms in total. The molecule has 0 aromatic heterocycles. The van der Waals surface area contributed by atoms with Crippen molar-refractivity contribution in [1.82, 2.24) is 9.80 Å². The van der Waals surface area contributed by atoms with Crippen molar-refractivity contribution >= 4 is 17.7 Å². The van der Waals surface area contributed by atoms with E-state index in [4.69, 9.17) is 4.74 Å². The van der Waals surface area contributed by atoms with Gasteiger partial charge in [-0.25, -0.2) is 0 Å². The van der Waals surface area contributed by atoms with Gasteiger partial charge in [0.05, 0.1) is 19.4 Å². The molecule has 1 saturated heterocycles. The summed E-state index contributed by atoms with van der Waals surface area (Å²) in [5.74, 6) is -0.232. The topological polar surface area (TPSA) is 68.6 Å². The second-order valence-electron chi connectivity index (χ2n) is 8.04. The smallest absolute Gasteiger partial charge is 0.264 e. The van der Waals surface area contributed by atoms with E-state index >= 15 is 0 Å². The summed E-state index contributed by atoms with van der Waals surface area (Å²) in [6, 6.07) is 9.85. The first-order valence-corrected chi connectivity index (χ1v) is 9.67. The first-order chi connectivity index (χ1) is 13.4. The van der Waals surface area contributed by atoms with E-state index in [1.165, 1.54) is 0 Å². The van der Waals surface area contributed by atoms with Crippen LogP contribution in [-0.4, -0.2) is 60.3 Å².